The zero-order chi connectivity index (χ0) is 15.3. The fourth-order valence-electron chi connectivity index (χ4n) is 2.88. The van der Waals surface area contributed by atoms with Crippen LogP contribution in [0.15, 0.2) is 24.3 Å². The fourth-order valence-corrected chi connectivity index (χ4v) is 2.88. The molecule has 1 aromatic carbocycles. The lowest BCUT2D eigenvalue weighted by Crippen LogP contribution is -2.43. The van der Waals surface area contributed by atoms with E-state index < -0.39 is 5.60 Å². The van der Waals surface area contributed by atoms with E-state index in [2.05, 4.69) is 18.3 Å². The van der Waals surface area contributed by atoms with Gasteiger partial charge in [-0.25, -0.2) is 0 Å². The molecule has 2 rings (SSSR count). The Hall–Kier alpha value is -1.61. The van der Waals surface area contributed by atoms with Crippen LogP contribution in [0.5, 0.6) is 0 Å². The van der Waals surface area contributed by atoms with Crippen LogP contribution in [0, 0.1) is 13.8 Å². The van der Waals surface area contributed by atoms with E-state index in [1.54, 1.807) is 6.08 Å². The number of hydrogen-bond acceptors (Lipinski definition) is 2. The molecule has 1 fully saturated rings. The molecule has 3 nitrogen and oxygen atoms in total. The number of amides is 1. The van der Waals surface area contributed by atoms with Crippen LogP contribution in [-0.2, 0) is 4.79 Å². The summed E-state index contributed by atoms with van der Waals surface area (Å²) in [6, 6.07) is 6.15. The summed E-state index contributed by atoms with van der Waals surface area (Å²) in [6.07, 6.45) is 8.22. The fraction of sp³-hybridized carbons (Fsp3) is 0.500. The van der Waals surface area contributed by atoms with Gasteiger partial charge in [0.25, 0.3) is 0 Å². The summed E-state index contributed by atoms with van der Waals surface area (Å²) in [5.41, 5.74) is 2.72. The van der Waals surface area contributed by atoms with E-state index in [9.17, 15) is 9.90 Å². The first-order chi connectivity index (χ1) is 9.98. The monoisotopic (exact) mass is 287 g/mol. The average molecular weight is 287 g/mol. The Morgan fingerprint density at radius 2 is 2.00 bits per heavy atom. The highest BCUT2D eigenvalue weighted by Crippen LogP contribution is 2.27. The van der Waals surface area contributed by atoms with Crippen molar-refractivity contribution in [2.24, 2.45) is 0 Å². The summed E-state index contributed by atoms with van der Waals surface area (Å²) in [6.45, 7) is 4.44. The van der Waals surface area contributed by atoms with Crippen LogP contribution in [0.25, 0.3) is 6.08 Å². The number of carbonyl (C=O) groups excluding carboxylic acids is 1. The van der Waals surface area contributed by atoms with Gasteiger partial charge < -0.3 is 10.4 Å². The van der Waals surface area contributed by atoms with Crippen molar-refractivity contribution in [3.8, 4) is 0 Å². The van der Waals surface area contributed by atoms with Gasteiger partial charge in [0.1, 0.15) is 0 Å². The van der Waals surface area contributed by atoms with Crippen LogP contribution in [0.3, 0.4) is 0 Å². The molecule has 0 aromatic heterocycles. The van der Waals surface area contributed by atoms with Gasteiger partial charge in [0.15, 0.2) is 0 Å². The molecule has 3 heteroatoms. The first kappa shape index (κ1) is 15.8. The highest BCUT2D eigenvalue weighted by molar-refractivity contribution is 5.91. The largest absolute Gasteiger partial charge is 0.388 e. The minimum atomic E-state index is -0.707. The quantitative estimate of drug-likeness (QED) is 0.836. The summed E-state index contributed by atoms with van der Waals surface area (Å²) >= 11 is 0. The van der Waals surface area contributed by atoms with Crippen LogP contribution in [0.4, 0.5) is 0 Å². The third kappa shape index (κ3) is 4.71. The molecule has 2 N–H and O–H groups in total. The summed E-state index contributed by atoms with van der Waals surface area (Å²) in [5.74, 6) is -0.144. The van der Waals surface area contributed by atoms with E-state index in [4.69, 9.17) is 0 Å². The van der Waals surface area contributed by atoms with Gasteiger partial charge in [0.05, 0.1) is 5.60 Å². The highest BCUT2D eigenvalue weighted by atomic mass is 16.3. The number of hydrogen-bond donors (Lipinski definition) is 2. The zero-order valence-electron chi connectivity index (χ0n) is 13.0. The maximum atomic E-state index is 11.9. The van der Waals surface area contributed by atoms with Crippen molar-refractivity contribution in [3.63, 3.8) is 0 Å². The molecule has 1 aliphatic rings. The Morgan fingerprint density at radius 1 is 1.29 bits per heavy atom. The number of carbonyl (C=O) groups is 1. The maximum absolute atomic E-state index is 11.9. The SMILES string of the molecule is Cc1ccc(C=CC(=O)NCC2(O)CCCCC2)c(C)c1. The second-order valence-corrected chi connectivity index (χ2v) is 6.20. The van der Waals surface area contributed by atoms with E-state index in [0.29, 0.717) is 6.54 Å². The molecule has 0 bridgehead atoms. The molecule has 0 atom stereocenters. The van der Waals surface area contributed by atoms with E-state index in [1.165, 1.54) is 12.0 Å². The molecular formula is C18H25NO2. The van der Waals surface area contributed by atoms with Crippen LogP contribution in [-0.4, -0.2) is 23.2 Å². The molecule has 0 heterocycles. The molecule has 0 unspecified atom stereocenters. The van der Waals surface area contributed by atoms with Crippen LogP contribution in [0.1, 0.15) is 48.8 Å². The van der Waals surface area contributed by atoms with E-state index in [1.807, 2.05) is 25.1 Å². The van der Waals surface area contributed by atoms with Gasteiger partial charge in [0.2, 0.25) is 5.91 Å². The molecule has 0 spiro atoms. The Bertz CT molecular complexity index is 528. The Labute approximate surface area is 127 Å². The third-order valence-electron chi connectivity index (χ3n) is 4.22. The van der Waals surface area contributed by atoms with Crippen molar-refractivity contribution < 1.29 is 9.90 Å². The van der Waals surface area contributed by atoms with E-state index >= 15 is 0 Å². The minimum absolute atomic E-state index is 0.144. The van der Waals surface area contributed by atoms with Gasteiger partial charge in [-0.05, 0) is 43.9 Å². The van der Waals surface area contributed by atoms with Gasteiger partial charge in [-0.1, -0.05) is 43.0 Å². The molecular weight excluding hydrogens is 262 g/mol. The average Bonchev–Trinajstić information content (AvgIpc) is 2.45. The van der Waals surface area contributed by atoms with E-state index in [0.717, 1.165) is 36.8 Å². The summed E-state index contributed by atoms with van der Waals surface area (Å²) in [5, 5.41) is 13.2. The lowest BCUT2D eigenvalue weighted by atomic mass is 9.85. The van der Waals surface area contributed by atoms with Gasteiger partial charge in [-0.3, -0.25) is 4.79 Å². The van der Waals surface area contributed by atoms with Crippen LogP contribution < -0.4 is 5.32 Å². The topological polar surface area (TPSA) is 49.3 Å². The van der Waals surface area contributed by atoms with Crippen molar-refractivity contribution in [1.29, 1.82) is 0 Å². The predicted molar refractivity (Wildman–Crippen MR) is 86.0 cm³/mol. The summed E-state index contributed by atoms with van der Waals surface area (Å²) in [4.78, 5) is 11.9. The lowest BCUT2D eigenvalue weighted by Gasteiger charge is -2.31. The van der Waals surface area contributed by atoms with E-state index in [-0.39, 0.29) is 5.91 Å². The van der Waals surface area contributed by atoms with Gasteiger partial charge in [-0.2, -0.15) is 0 Å². The normalized spacial score (nSPS) is 17.9. The number of aryl methyl sites for hydroxylation is 2. The first-order valence-electron chi connectivity index (χ1n) is 7.74. The lowest BCUT2D eigenvalue weighted by molar-refractivity contribution is -0.118. The standard InChI is InChI=1S/C18H25NO2/c1-14-6-7-16(15(2)12-14)8-9-17(20)19-13-18(21)10-4-3-5-11-18/h6-9,12,21H,3-5,10-11,13H2,1-2H3,(H,19,20). The predicted octanol–water partition coefficient (Wildman–Crippen LogP) is 3.13. The molecule has 21 heavy (non-hydrogen) atoms. The minimum Gasteiger partial charge on any atom is -0.388 e. The smallest absolute Gasteiger partial charge is 0.244 e. The Morgan fingerprint density at radius 3 is 2.67 bits per heavy atom. The summed E-state index contributed by atoms with van der Waals surface area (Å²) < 4.78 is 0. The maximum Gasteiger partial charge on any atom is 0.244 e. The van der Waals surface area contributed by atoms with Gasteiger partial charge >= 0.3 is 0 Å². The molecule has 1 aromatic rings. The van der Waals surface area contributed by atoms with Gasteiger partial charge in [-0.15, -0.1) is 0 Å². The second-order valence-electron chi connectivity index (χ2n) is 6.20. The third-order valence-corrected chi connectivity index (χ3v) is 4.22. The van der Waals surface area contributed by atoms with Crippen molar-refractivity contribution in [2.75, 3.05) is 6.54 Å². The Balaban J connectivity index is 1.87. The molecule has 1 aliphatic carbocycles. The van der Waals surface area contributed by atoms with Crippen molar-refractivity contribution in [2.45, 2.75) is 51.6 Å². The molecule has 0 saturated heterocycles. The molecule has 1 amide bonds. The Kier molecular flexibility index (Phi) is 5.18. The number of rotatable bonds is 4. The van der Waals surface area contributed by atoms with Crippen molar-refractivity contribution >= 4 is 12.0 Å². The summed E-state index contributed by atoms with van der Waals surface area (Å²) in [7, 11) is 0. The van der Waals surface area contributed by atoms with Crippen molar-refractivity contribution in [1.82, 2.24) is 5.32 Å². The number of benzene rings is 1. The molecule has 0 radical (unpaired) electrons. The first-order valence-corrected chi connectivity index (χ1v) is 7.74. The van der Waals surface area contributed by atoms with Gasteiger partial charge in [0, 0.05) is 12.6 Å². The number of nitrogens with one attached hydrogen (secondary N) is 1. The zero-order valence-corrected chi connectivity index (χ0v) is 13.0. The molecule has 114 valence electrons. The van der Waals surface area contributed by atoms with Crippen molar-refractivity contribution in [3.05, 3.63) is 41.0 Å². The molecule has 0 aliphatic heterocycles. The highest BCUT2D eigenvalue weighted by Gasteiger charge is 2.29. The number of aliphatic hydroxyl groups is 1. The second kappa shape index (κ2) is 6.90. The van der Waals surface area contributed by atoms with Crippen LogP contribution in [0.2, 0.25) is 0 Å². The molecule has 1 saturated carbocycles. The van der Waals surface area contributed by atoms with Crippen LogP contribution >= 0.6 is 0 Å².